The number of hydrogen-bond acceptors (Lipinski definition) is 2. The molecule has 1 N–H and O–H groups in total. The Hall–Kier alpha value is -1.01. The maximum atomic E-state index is 11.8. The number of aryl methyl sites for hydroxylation is 1. The summed E-state index contributed by atoms with van der Waals surface area (Å²) in [5.41, 5.74) is 1.72. The lowest BCUT2D eigenvalue weighted by atomic mass is 10.2. The van der Waals surface area contributed by atoms with Gasteiger partial charge < -0.3 is 10.1 Å². The summed E-state index contributed by atoms with van der Waals surface area (Å²) in [5, 5.41) is 2.66. The molecule has 18 heavy (non-hydrogen) atoms. The Morgan fingerprint density at radius 3 is 2.83 bits per heavy atom. The summed E-state index contributed by atoms with van der Waals surface area (Å²) in [5.74, 6) is -0.264. The summed E-state index contributed by atoms with van der Waals surface area (Å²) >= 11 is 3.36. The third kappa shape index (κ3) is 5.55. The molecule has 6 heteroatoms. The average Bonchev–Trinajstić information content (AvgIpc) is 2.29. The van der Waals surface area contributed by atoms with Crippen molar-refractivity contribution in [1.29, 1.82) is 0 Å². The fourth-order valence-corrected chi connectivity index (χ4v) is 1.61. The average molecular weight is 322 g/mol. The minimum Gasteiger partial charge on any atom is -0.375 e. The molecule has 0 saturated carbocycles. The lowest BCUT2D eigenvalue weighted by molar-refractivity contribution is -0.117. The molecule has 0 aliphatic heterocycles. The SMILES string of the molecule is Cc1ccc(NC(=O)CCOCC(F)F)cc1Br. The summed E-state index contributed by atoms with van der Waals surface area (Å²) in [7, 11) is 0. The van der Waals surface area contributed by atoms with E-state index in [9.17, 15) is 13.6 Å². The van der Waals surface area contributed by atoms with E-state index in [1.165, 1.54) is 0 Å². The lowest BCUT2D eigenvalue weighted by Gasteiger charge is -2.07. The van der Waals surface area contributed by atoms with Crippen molar-refractivity contribution in [3.8, 4) is 0 Å². The van der Waals surface area contributed by atoms with Gasteiger partial charge in [0.05, 0.1) is 13.0 Å². The van der Waals surface area contributed by atoms with Crippen LogP contribution >= 0.6 is 15.9 Å². The molecule has 0 heterocycles. The van der Waals surface area contributed by atoms with E-state index in [-0.39, 0.29) is 18.9 Å². The molecular formula is C12H14BrF2NO2. The Kier molecular flexibility index (Phi) is 6.21. The van der Waals surface area contributed by atoms with E-state index in [1.807, 2.05) is 13.0 Å². The van der Waals surface area contributed by atoms with Crippen molar-refractivity contribution in [2.75, 3.05) is 18.5 Å². The quantitative estimate of drug-likeness (QED) is 0.816. The van der Waals surface area contributed by atoms with Crippen molar-refractivity contribution < 1.29 is 18.3 Å². The highest BCUT2D eigenvalue weighted by molar-refractivity contribution is 9.10. The molecule has 100 valence electrons. The Balaban J connectivity index is 2.33. The fourth-order valence-electron chi connectivity index (χ4n) is 1.23. The monoisotopic (exact) mass is 321 g/mol. The Morgan fingerprint density at radius 1 is 1.50 bits per heavy atom. The van der Waals surface area contributed by atoms with Crippen LogP contribution < -0.4 is 5.32 Å². The number of carbonyl (C=O) groups excluding carboxylic acids is 1. The van der Waals surface area contributed by atoms with Crippen molar-refractivity contribution in [3.63, 3.8) is 0 Å². The summed E-state index contributed by atoms with van der Waals surface area (Å²) in [6, 6.07) is 5.43. The van der Waals surface area contributed by atoms with Crippen LogP contribution in [0.3, 0.4) is 0 Å². The van der Waals surface area contributed by atoms with Gasteiger partial charge in [0, 0.05) is 10.2 Å². The van der Waals surface area contributed by atoms with Crippen LogP contribution in [0.15, 0.2) is 22.7 Å². The first-order valence-electron chi connectivity index (χ1n) is 5.41. The maximum Gasteiger partial charge on any atom is 0.261 e. The maximum absolute atomic E-state index is 11.8. The molecule has 0 fully saturated rings. The molecule has 0 aromatic heterocycles. The van der Waals surface area contributed by atoms with Gasteiger partial charge in [-0.3, -0.25) is 4.79 Å². The van der Waals surface area contributed by atoms with E-state index in [0.717, 1.165) is 10.0 Å². The number of anilines is 1. The van der Waals surface area contributed by atoms with Crippen molar-refractivity contribution in [3.05, 3.63) is 28.2 Å². The van der Waals surface area contributed by atoms with Gasteiger partial charge in [0.1, 0.15) is 6.61 Å². The highest BCUT2D eigenvalue weighted by Gasteiger charge is 2.06. The number of ether oxygens (including phenoxy) is 1. The van der Waals surface area contributed by atoms with E-state index in [1.54, 1.807) is 12.1 Å². The number of amides is 1. The largest absolute Gasteiger partial charge is 0.375 e. The molecule has 0 radical (unpaired) electrons. The van der Waals surface area contributed by atoms with E-state index < -0.39 is 13.0 Å². The Bertz CT molecular complexity index is 413. The molecule has 0 unspecified atom stereocenters. The number of rotatable bonds is 6. The number of benzene rings is 1. The van der Waals surface area contributed by atoms with Gasteiger partial charge in [-0.25, -0.2) is 8.78 Å². The van der Waals surface area contributed by atoms with Crippen LogP contribution in [0.25, 0.3) is 0 Å². The molecule has 0 aliphatic rings. The third-order valence-electron chi connectivity index (χ3n) is 2.17. The van der Waals surface area contributed by atoms with Crippen LogP contribution in [0.5, 0.6) is 0 Å². The van der Waals surface area contributed by atoms with Gasteiger partial charge in [0.2, 0.25) is 5.91 Å². The highest BCUT2D eigenvalue weighted by atomic mass is 79.9. The molecule has 0 bridgehead atoms. The molecule has 1 aromatic rings. The highest BCUT2D eigenvalue weighted by Crippen LogP contribution is 2.20. The Morgan fingerprint density at radius 2 is 2.22 bits per heavy atom. The van der Waals surface area contributed by atoms with Crippen molar-refractivity contribution in [2.45, 2.75) is 19.8 Å². The molecule has 1 amide bonds. The predicted molar refractivity (Wildman–Crippen MR) is 68.9 cm³/mol. The van der Waals surface area contributed by atoms with Crippen LogP contribution in [-0.2, 0) is 9.53 Å². The molecule has 0 spiro atoms. The molecule has 1 aromatic carbocycles. The van der Waals surface area contributed by atoms with Gasteiger partial charge in [-0.1, -0.05) is 22.0 Å². The normalized spacial score (nSPS) is 10.7. The standard InChI is InChI=1S/C12H14BrF2NO2/c1-8-2-3-9(6-10(8)13)16-12(17)4-5-18-7-11(14)15/h2-3,6,11H,4-5,7H2,1H3,(H,16,17). The van der Waals surface area contributed by atoms with Gasteiger partial charge in [-0.15, -0.1) is 0 Å². The fraction of sp³-hybridized carbons (Fsp3) is 0.417. The van der Waals surface area contributed by atoms with Crippen LogP contribution in [0, 0.1) is 6.92 Å². The third-order valence-corrected chi connectivity index (χ3v) is 3.03. The molecule has 0 saturated heterocycles. The van der Waals surface area contributed by atoms with E-state index in [0.29, 0.717) is 5.69 Å². The Labute approximate surface area is 113 Å². The van der Waals surface area contributed by atoms with Gasteiger partial charge in [0.25, 0.3) is 6.43 Å². The second-order valence-corrected chi connectivity index (χ2v) is 4.58. The van der Waals surface area contributed by atoms with Gasteiger partial charge in [0.15, 0.2) is 0 Å². The first-order chi connectivity index (χ1) is 8.49. The summed E-state index contributed by atoms with van der Waals surface area (Å²) in [4.78, 5) is 11.5. The van der Waals surface area contributed by atoms with E-state index in [2.05, 4.69) is 26.0 Å². The van der Waals surface area contributed by atoms with Gasteiger partial charge in [-0.2, -0.15) is 0 Å². The molecule has 0 atom stereocenters. The van der Waals surface area contributed by atoms with Gasteiger partial charge >= 0.3 is 0 Å². The number of alkyl halides is 2. The number of nitrogens with one attached hydrogen (secondary N) is 1. The predicted octanol–water partition coefficient (Wildman–Crippen LogP) is 3.37. The summed E-state index contributed by atoms with van der Waals surface area (Å²) in [6.07, 6.45) is -2.45. The first kappa shape index (κ1) is 15.0. The zero-order chi connectivity index (χ0) is 13.5. The minimum atomic E-state index is -2.50. The van der Waals surface area contributed by atoms with Crippen LogP contribution in [-0.4, -0.2) is 25.5 Å². The van der Waals surface area contributed by atoms with Crippen molar-refractivity contribution in [2.24, 2.45) is 0 Å². The van der Waals surface area contributed by atoms with E-state index >= 15 is 0 Å². The molecular weight excluding hydrogens is 308 g/mol. The van der Waals surface area contributed by atoms with Crippen molar-refractivity contribution >= 4 is 27.5 Å². The second kappa shape index (κ2) is 7.43. The zero-order valence-electron chi connectivity index (χ0n) is 9.88. The summed E-state index contributed by atoms with van der Waals surface area (Å²) in [6.45, 7) is 1.29. The smallest absolute Gasteiger partial charge is 0.261 e. The number of hydrogen-bond donors (Lipinski definition) is 1. The topological polar surface area (TPSA) is 38.3 Å². The van der Waals surface area contributed by atoms with Crippen LogP contribution in [0.4, 0.5) is 14.5 Å². The first-order valence-corrected chi connectivity index (χ1v) is 6.20. The molecule has 3 nitrogen and oxygen atoms in total. The molecule has 1 rings (SSSR count). The van der Waals surface area contributed by atoms with Gasteiger partial charge in [-0.05, 0) is 24.6 Å². The second-order valence-electron chi connectivity index (χ2n) is 3.73. The zero-order valence-corrected chi connectivity index (χ0v) is 11.5. The van der Waals surface area contributed by atoms with Crippen LogP contribution in [0.1, 0.15) is 12.0 Å². The van der Waals surface area contributed by atoms with Crippen LogP contribution in [0.2, 0.25) is 0 Å². The van der Waals surface area contributed by atoms with Crippen molar-refractivity contribution in [1.82, 2.24) is 0 Å². The van der Waals surface area contributed by atoms with E-state index in [4.69, 9.17) is 0 Å². The number of halogens is 3. The lowest BCUT2D eigenvalue weighted by Crippen LogP contribution is -2.15. The molecule has 0 aliphatic carbocycles. The summed E-state index contributed by atoms with van der Waals surface area (Å²) < 4.78 is 29.0. The number of carbonyl (C=O) groups is 1. The minimum absolute atomic E-state index is 0.0107.